The molecule has 2 N–H and O–H groups in total. The van der Waals surface area contributed by atoms with Gasteiger partial charge in [0.2, 0.25) is 0 Å². The van der Waals surface area contributed by atoms with Crippen LogP contribution in [0.25, 0.3) is 0 Å². The number of ether oxygens (including phenoxy) is 1. The van der Waals surface area contributed by atoms with Gasteiger partial charge in [-0.3, -0.25) is 4.79 Å². The van der Waals surface area contributed by atoms with Crippen molar-refractivity contribution in [1.82, 2.24) is 0 Å². The molecule has 2 aromatic rings. The zero-order valence-electron chi connectivity index (χ0n) is 13.3. The van der Waals surface area contributed by atoms with E-state index in [-0.39, 0.29) is 11.2 Å². The molecule has 1 aliphatic rings. The number of thioether (sulfide) groups is 1. The summed E-state index contributed by atoms with van der Waals surface area (Å²) >= 11 is 1.51. The standard InChI is InChI=1S/C18H19NO3S/c1-10-8-11(2)15-14(9-10)23-17(16(20)18(21)19-15)12-4-6-13(22-3)7-5-12/h4-9,16-17,20H,1-3H3,(H,19,21)/t16-,17-/m1/s1. The highest BCUT2D eigenvalue weighted by atomic mass is 32.2. The van der Waals surface area contributed by atoms with Crippen LogP contribution in [0.3, 0.4) is 0 Å². The quantitative estimate of drug-likeness (QED) is 0.886. The van der Waals surface area contributed by atoms with Crippen LogP contribution in [-0.2, 0) is 4.79 Å². The molecule has 2 aromatic carbocycles. The van der Waals surface area contributed by atoms with Gasteiger partial charge in [-0.25, -0.2) is 0 Å². The third-order valence-electron chi connectivity index (χ3n) is 3.95. The van der Waals surface area contributed by atoms with Crippen LogP contribution in [0.5, 0.6) is 5.75 Å². The smallest absolute Gasteiger partial charge is 0.254 e. The predicted molar refractivity (Wildman–Crippen MR) is 92.1 cm³/mol. The first kappa shape index (κ1) is 15.9. The number of nitrogens with one attached hydrogen (secondary N) is 1. The lowest BCUT2D eigenvalue weighted by molar-refractivity contribution is -0.124. The summed E-state index contributed by atoms with van der Waals surface area (Å²) in [6.07, 6.45) is -1.11. The number of carbonyl (C=O) groups is 1. The molecule has 3 rings (SSSR count). The van der Waals surface area contributed by atoms with Gasteiger partial charge in [-0.15, -0.1) is 11.8 Å². The van der Waals surface area contributed by atoms with Crippen LogP contribution in [0.4, 0.5) is 5.69 Å². The third kappa shape index (κ3) is 3.07. The van der Waals surface area contributed by atoms with Crippen molar-refractivity contribution < 1.29 is 14.6 Å². The maximum atomic E-state index is 12.3. The Morgan fingerprint density at radius 3 is 2.52 bits per heavy atom. The molecular formula is C18H19NO3S. The summed E-state index contributed by atoms with van der Waals surface area (Å²) in [6.45, 7) is 3.99. The summed E-state index contributed by atoms with van der Waals surface area (Å²) in [5.74, 6) is 0.377. The van der Waals surface area contributed by atoms with Gasteiger partial charge >= 0.3 is 0 Å². The predicted octanol–water partition coefficient (Wildman–Crippen LogP) is 3.46. The highest BCUT2D eigenvalue weighted by Gasteiger charge is 2.33. The van der Waals surface area contributed by atoms with E-state index in [1.165, 1.54) is 11.8 Å². The summed E-state index contributed by atoms with van der Waals surface area (Å²) in [6, 6.07) is 11.5. The monoisotopic (exact) mass is 329 g/mol. The van der Waals surface area contributed by atoms with Crippen molar-refractivity contribution in [3.05, 3.63) is 53.1 Å². The van der Waals surface area contributed by atoms with Gasteiger partial charge in [0, 0.05) is 4.90 Å². The zero-order valence-corrected chi connectivity index (χ0v) is 14.1. The van der Waals surface area contributed by atoms with Gasteiger partial charge < -0.3 is 15.2 Å². The van der Waals surface area contributed by atoms with Gasteiger partial charge in [0.05, 0.1) is 18.0 Å². The highest BCUT2D eigenvalue weighted by molar-refractivity contribution is 7.99. The Morgan fingerprint density at radius 1 is 1.17 bits per heavy atom. The first-order chi connectivity index (χ1) is 11.0. The van der Waals surface area contributed by atoms with Crippen molar-refractivity contribution in [1.29, 1.82) is 0 Å². The van der Waals surface area contributed by atoms with E-state index in [2.05, 4.69) is 5.32 Å². The molecule has 2 atom stereocenters. The number of benzene rings is 2. The number of carbonyl (C=O) groups excluding carboxylic acids is 1. The number of amides is 1. The number of rotatable bonds is 2. The van der Waals surface area contributed by atoms with Crippen LogP contribution < -0.4 is 10.1 Å². The lowest BCUT2D eigenvalue weighted by Gasteiger charge is -2.19. The molecule has 1 aliphatic heterocycles. The third-order valence-corrected chi connectivity index (χ3v) is 5.31. The van der Waals surface area contributed by atoms with Crippen LogP contribution in [0, 0.1) is 13.8 Å². The van der Waals surface area contributed by atoms with Gasteiger partial charge in [0.25, 0.3) is 5.91 Å². The van der Waals surface area contributed by atoms with E-state index in [9.17, 15) is 9.90 Å². The molecule has 1 amide bonds. The molecule has 23 heavy (non-hydrogen) atoms. The number of fused-ring (bicyclic) bond motifs is 1. The van der Waals surface area contributed by atoms with E-state index in [0.29, 0.717) is 0 Å². The first-order valence-electron chi connectivity index (χ1n) is 7.40. The molecule has 120 valence electrons. The molecule has 5 heteroatoms. The molecule has 0 bridgehead atoms. The maximum Gasteiger partial charge on any atom is 0.254 e. The number of aryl methyl sites for hydroxylation is 2. The molecule has 0 fully saturated rings. The molecule has 0 saturated heterocycles. The average molecular weight is 329 g/mol. The van der Waals surface area contributed by atoms with Gasteiger partial charge in [0.1, 0.15) is 11.9 Å². The molecule has 0 aromatic heterocycles. The first-order valence-corrected chi connectivity index (χ1v) is 8.28. The summed E-state index contributed by atoms with van der Waals surface area (Å²) in [7, 11) is 1.61. The highest BCUT2D eigenvalue weighted by Crippen LogP contribution is 2.45. The number of aliphatic hydroxyl groups excluding tert-OH is 1. The van der Waals surface area contributed by atoms with E-state index >= 15 is 0 Å². The SMILES string of the molecule is COc1ccc([C@H]2Sc3cc(C)cc(C)c3NC(=O)[C@@H]2O)cc1. The van der Waals surface area contributed by atoms with Gasteiger partial charge in [0.15, 0.2) is 0 Å². The Bertz CT molecular complexity index is 743. The van der Waals surface area contributed by atoms with Gasteiger partial charge in [-0.1, -0.05) is 18.2 Å². The van der Waals surface area contributed by atoms with Crippen molar-refractivity contribution in [3.8, 4) is 5.75 Å². The Balaban J connectivity index is 2.03. The van der Waals surface area contributed by atoms with Crippen molar-refractivity contribution in [2.75, 3.05) is 12.4 Å². The summed E-state index contributed by atoms with van der Waals surface area (Å²) in [4.78, 5) is 13.3. The number of methoxy groups -OCH3 is 1. The second-order valence-corrected chi connectivity index (χ2v) is 6.88. The molecular weight excluding hydrogens is 310 g/mol. The van der Waals surface area contributed by atoms with E-state index < -0.39 is 6.10 Å². The number of hydrogen-bond acceptors (Lipinski definition) is 4. The van der Waals surface area contributed by atoms with E-state index in [1.54, 1.807) is 7.11 Å². The van der Waals surface area contributed by atoms with Crippen molar-refractivity contribution in [2.45, 2.75) is 30.1 Å². The minimum atomic E-state index is -1.11. The Hall–Kier alpha value is -1.98. The van der Waals surface area contributed by atoms with Crippen LogP contribution in [0.2, 0.25) is 0 Å². The lowest BCUT2D eigenvalue weighted by Crippen LogP contribution is -2.30. The van der Waals surface area contributed by atoms with Gasteiger partial charge in [-0.05, 0) is 48.7 Å². The Kier molecular flexibility index (Phi) is 4.33. The minimum absolute atomic E-state index is 0.358. The fourth-order valence-electron chi connectivity index (χ4n) is 2.76. The van der Waals surface area contributed by atoms with Crippen LogP contribution in [0.15, 0.2) is 41.3 Å². The molecule has 1 heterocycles. The fourth-order valence-corrected chi connectivity index (χ4v) is 4.16. The summed E-state index contributed by atoms with van der Waals surface area (Å²) < 4.78 is 5.17. The normalized spacial score (nSPS) is 20.4. The lowest BCUT2D eigenvalue weighted by atomic mass is 10.1. The minimum Gasteiger partial charge on any atom is -0.497 e. The van der Waals surface area contributed by atoms with Crippen LogP contribution in [0.1, 0.15) is 21.9 Å². The van der Waals surface area contributed by atoms with Crippen molar-refractivity contribution >= 4 is 23.4 Å². The average Bonchev–Trinajstić information content (AvgIpc) is 2.66. The van der Waals surface area contributed by atoms with Gasteiger partial charge in [-0.2, -0.15) is 0 Å². The topological polar surface area (TPSA) is 58.6 Å². The largest absolute Gasteiger partial charge is 0.497 e. The molecule has 0 spiro atoms. The van der Waals surface area contributed by atoms with E-state index in [0.717, 1.165) is 33.0 Å². The molecule has 0 saturated carbocycles. The van der Waals surface area contributed by atoms with Crippen LogP contribution in [-0.4, -0.2) is 24.2 Å². The van der Waals surface area contributed by atoms with Crippen molar-refractivity contribution in [3.63, 3.8) is 0 Å². The second kappa shape index (κ2) is 6.26. The molecule has 0 unspecified atom stereocenters. The maximum absolute atomic E-state index is 12.3. The summed E-state index contributed by atoms with van der Waals surface area (Å²) in [5.41, 5.74) is 3.82. The molecule has 0 radical (unpaired) electrons. The fraction of sp³-hybridized carbons (Fsp3) is 0.278. The Morgan fingerprint density at radius 2 is 1.87 bits per heavy atom. The van der Waals surface area contributed by atoms with Crippen molar-refractivity contribution in [2.24, 2.45) is 0 Å². The molecule has 0 aliphatic carbocycles. The number of hydrogen-bond donors (Lipinski definition) is 2. The Labute approximate surface area is 139 Å². The van der Waals surface area contributed by atoms with E-state index in [4.69, 9.17) is 4.74 Å². The zero-order chi connectivity index (χ0) is 16.6. The van der Waals surface area contributed by atoms with Crippen LogP contribution >= 0.6 is 11.8 Å². The molecule has 4 nitrogen and oxygen atoms in total. The number of aliphatic hydroxyl groups is 1. The van der Waals surface area contributed by atoms with E-state index in [1.807, 2.05) is 50.2 Å². The number of anilines is 1. The summed E-state index contributed by atoms with van der Waals surface area (Å²) in [5, 5.41) is 13.0. The second-order valence-electron chi connectivity index (χ2n) is 5.70.